The quantitative estimate of drug-likeness (QED) is 0.599. The summed E-state index contributed by atoms with van der Waals surface area (Å²) in [5.74, 6) is 1.31. The molecule has 1 aromatic rings. The van der Waals surface area contributed by atoms with Gasteiger partial charge in [0.1, 0.15) is 0 Å². The molecular weight excluding hydrogens is 256 g/mol. The predicted molar refractivity (Wildman–Crippen MR) is 88.8 cm³/mol. The molecule has 0 aliphatic heterocycles. The van der Waals surface area contributed by atoms with E-state index >= 15 is 0 Å². The van der Waals surface area contributed by atoms with Gasteiger partial charge in [0.25, 0.3) is 0 Å². The van der Waals surface area contributed by atoms with Gasteiger partial charge in [-0.25, -0.2) is 0 Å². The van der Waals surface area contributed by atoms with Crippen LogP contribution in [0.25, 0.3) is 6.08 Å². The Bertz CT molecular complexity index is 534. The van der Waals surface area contributed by atoms with E-state index in [1.807, 2.05) is 12.3 Å². The number of rotatable bonds is 2. The lowest BCUT2D eigenvalue weighted by Crippen LogP contribution is -2.48. The summed E-state index contributed by atoms with van der Waals surface area (Å²) in [6, 6.07) is 2.02. The number of furan rings is 1. The summed E-state index contributed by atoms with van der Waals surface area (Å²) in [7, 11) is 0. The Kier molecular flexibility index (Phi) is 3.63. The molecule has 1 nitrogen and oxygen atoms in total. The molecule has 0 amide bonds. The molecule has 0 radical (unpaired) electrons. The molecule has 0 aromatic carbocycles. The SMILES string of the molecule is C=C1CC[C@H]2C(C)(C)CCC[C@]2(C)[C@H]1/C=C/c1ccoc1. The molecule has 0 bridgehead atoms. The van der Waals surface area contributed by atoms with Gasteiger partial charge in [0.2, 0.25) is 0 Å². The molecule has 2 saturated carbocycles. The monoisotopic (exact) mass is 284 g/mol. The molecule has 114 valence electrons. The van der Waals surface area contributed by atoms with E-state index in [9.17, 15) is 0 Å². The molecule has 21 heavy (non-hydrogen) atoms. The molecule has 2 aliphatic rings. The van der Waals surface area contributed by atoms with Crippen LogP contribution in [0.5, 0.6) is 0 Å². The number of hydrogen-bond acceptors (Lipinski definition) is 1. The van der Waals surface area contributed by atoms with Gasteiger partial charge in [-0.05, 0) is 48.5 Å². The summed E-state index contributed by atoms with van der Waals surface area (Å²) in [5.41, 5.74) is 3.42. The lowest BCUT2D eigenvalue weighted by Gasteiger charge is -2.57. The zero-order valence-electron chi connectivity index (χ0n) is 13.7. The minimum Gasteiger partial charge on any atom is -0.472 e. The van der Waals surface area contributed by atoms with Gasteiger partial charge in [0.05, 0.1) is 12.5 Å². The molecule has 3 rings (SSSR count). The maximum atomic E-state index is 5.17. The molecule has 0 saturated heterocycles. The Balaban J connectivity index is 1.91. The third-order valence-corrected chi connectivity index (χ3v) is 6.20. The van der Waals surface area contributed by atoms with Gasteiger partial charge < -0.3 is 4.42 Å². The second-order valence-corrected chi connectivity index (χ2v) is 7.99. The summed E-state index contributed by atoms with van der Waals surface area (Å²) < 4.78 is 5.17. The molecule has 1 aromatic heterocycles. The first kappa shape index (κ1) is 14.7. The Morgan fingerprint density at radius 2 is 2.10 bits per heavy atom. The van der Waals surface area contributed by atoms with Crippen molar-refractivity contribution in [3.8, 4) is 0 Å². The summed E-state index contributed by atoms with van der Waals surface area (Å²) in [6.45, 7) is 11.9. The summed E-state index contributed by atoms with van der Waals surface area (Å²) in [4.78, 5) is 0. The van der Waals surface area contributed by atoms with Crippen LogP contribution in [-0.4, -0.2) is 0 Å². The molecule has 0 unspecified atom stereocenters. The van der Waals surface area contributed by atoms with Crippen LogP contribution < -0.4 is 0 Å². The highest BCUT2D eigenvalue weighted by Crippen LogP contribution is 2.61. The Morgan fingerprint density at radius 3 is 2.81 bits per heavy atom. The lowest BCUT2D eigenvalue weighted by atomic mass is 9.47. The summed E-state index contributed by atoms with van der Waals surface area (Å²) in [5, 5.41) is 0. The third kappa shape index (κ3) is 2.52. The second kappa shape index (κ2) is 5.19. The number of hydrogen-bond donors (Lipinski definition) is 0. The van der Waals surface area contributed by atoms with Gasteiger partial charge in [-0.1, -0.05) is 51.5 Å². The molecule has 2 aliphatic carbocycles. The Labute approximate surface area is 129 Å². The minimum absolute atomic E-state index is 0.372. The first-order chi connectivity index (χ1) is 9.93. The topological polar surface area (TPSA) is 13.1 Å². The zero-order valence-corrected chi connectivity index (χ0v) is 13.7. The van der Waals surface area contributed by atoms with Gasteiger partial charge in [0, 0.05) is 11.5 Å². The first-order valence-electron chi connectivity index (χ1n) is 8.31. The van der Waals surface area contributed by atoms with Crippen molar-refractivity contribution in [3.05, 3.63) is 42.4 Å². The van der Waals surface area contributed by atoms with Gasteiger partial charge in [-0.3, -0.25) is 0 Å². The van der Waals surface area contributed by atoms with Crippen LogP contribution in [-0.2, 0) is 0 Å². The van der Waals surface area contributed by atoms with E-state index in [4.69, 9.17) is 4.42 Å². The second-order valence-electron chi connectivity index (χ2n) is 7.99. The van der Waals surface area contributed by atoms with Crippen LogP contribution in [0.3, 0.4) is 0 Å². The minimum atomic E-state index is 0.372. The van der Waals surface area contributed by atoms with Crippen LogP contribution in [0.1, 0.15) is 58.4 Å². The normalized spacial score (nSPS) is 35.9. The maximum Gasteiger partial charge on any atom is 0.0974 e. The highest BCUT2D eigenvalue weighted by Gasteiger charge is 2.52. The molecular formula is C20H28O. The molecule has 0 spiro atoms. The van der Waals surface area contributed by atoms with E-state index in [1.165, 1.54) is 37.7 Å². The fourth-order valence-electron chi connectivity index (χ4n) is 5.14. The van der Waals surface area contributed by atoms with Crippen molar-refractivity contribution in [2.24, 2.45) is 22.7 Å². The van der Waals surface area contributed by atoms with Crippen LogP contribution in [0, 0.1) is 22.7 Å². The largest absolute Gasteiger partial charge is 0.472 e. The zero-order chi connectivity index (χ0) is 15.1. The van der Waals surface area contributed by atoms with E-state index in [2.05, 4.69) is 39.5 Å². The highest BCUT2D eigenvalue weighted by atomic mass is 16.3. The molecule has 3 atom stereocenters. The van der Waals surface area contributed by atoms with Crippen LogP contribution >= 0.6 is 0 Å². The highest BCUT2D eigenvalue weighted by molar-refractivity contribution is 5.48. The van der Waals surface area contributed by atoms with E-state index in [1.54, 1.807) is 6.26 Å². The van der Waals surface area contributed by atoms with Crippen molar-refractivity contribution >= 4 is 6.08 Å². The maximum absolute atomic E-state index is 5.17. The number of allylic oxidation sites excluding steroid dienone is 2. The van der Waals surface area contributed by atoms with Crippen LogP contribution in [0.4, 0.5) is 0 Å². The third-order valence-electron chi connectivity index (χ3n) is 6.20. The van der Waals surface area contributed by atoms with E-state index in [-0.39, 0.29) is 0 Å². The smallest absolute Gasteiger partial charge is 0.0974 e. The van der Waals surface area contributed by atoms with Gasteiger partial charge in [0.15, 0.2) is 0 Å². The van der Waals surface area contributed by atoms with E-state index in [0.717, 1.165) is 11.5 Å². The van der Waals surface area contributed by atoms with Crippen molar-refractivity contribution in [2.45, 2.75) is 52.9 Å². The molecule has 1 heteroatoms. The average molecular weight is 284 g/mol. The van der Waals surface area contributed by atoms with Crippen molar-refractivity contribution in [3.63, 3.8) is 0 Å². The Hall–Kier alpha value is -1.24. The van der Waals surface area contributed by atoms with E-state index in [0.29, 0.717) is 16.7 Å². The predicted octanol–water partition coefficient (Wildman–Crippen LogP) is 6.09. The van der Waals surface area contributed by atoms with Gasteiger partial charge in [-0.2, -0.15) is 0 Å². The summed E-state index contributed by atoms with van der Waals surface area (Å²) in [6.07, 6.45) is 14.7. The summed E-state index contributed by atoms with van der Waals surface area (Å²) >= 11 is 0. The molecule has 1 heterocycles. The average Bonchev–Trinajstić information content (AvgIpc) is 2.90. The van der Waals surface area contributed by atoms with Crippen LogP contribution in [0.2, 0.25) is 0 Å². The first-order valence-corrected chi connectivity index (χ1v) is 8.31. The lowest BCUT2D eigenvalue weighted by molar-refractivity contribution is -0.0389. The van der Waals surface area contributed by atoms with Crippen molar-refractivity contribution < 1.29 is 4.42 Å². The Morgan fingerprint density at radius 1 is 1.29 bits per heavy atom. The molecule has 0 N–H and O–H groups in total. The fraction of sp³-hybridized carbons (Fsp3) is 0.600. The van der Waals surface area contributed by atoms with Crippen molar-refractivity contribution in [1.82, 2.24) is 0 Å². The van der Waals surface area contributed by atoms with Crippen LogP contribution in [0.15, 0.2) is 41.2 Å². The van der Waals surface area contributed by atoms with Gasteiger partial charge in [-0.15, -0.1) is 0 Å². The fourth-order valence-corrected chi connectivity index (χ4v) is 5.14. The van der Waals surface area contributed by atoms with Crippen molar-refractivity contribution in [1.29, 1.82) is 0 Å². The molecule has 2 fully saturated rings. The standard InChI is InChI=1S/C20H28O/c1-15-6-9-18-19(2,3)11-5-12-20(18,4)17(15)8-7-16-10-13-21-14-16/h7-8,10,13-14,17-18H,1,5-6,9,11-12H2,2-4H3/b8-7+/t17-,18-,20+/m0/s1. The number of fused-ring (bicyclic) bond motifs is 1. The van der Waals surface area contributed by atoms with Gasteiger partial charge >= 0.3 is 0 Å². The van der Waals surface area contributed by atoms with Crippen molar-refractivity contribution in [2.75, 3.05) is 0 Å². The van der Waals surface area contributed by atoms with E-state index < -0.39 is 0 Å².